The Bertz CT molecular complexity index is 116. The van der Waals surface area contributed by atoms with Gasteiger partial charge in [-0.3, -0.25) is 0 Å². The summed E-state index contributed by atoms with van der Waals surface area (Å²) in [6, 6.07) is 0. The zero-order chi connectivity index (χ0) is 8.81. The summed E-state index contributed by atoms with van der Waals surface area (Å²) in [6.07, 6.45) is 7.19. The van der Waals surface area contributed by atoms with Gasteiger partial charge in [0.25, 0.3) is 0 Å². The second-order valence-corrected chi connectivity index (χ2v) is 3.71. The van der Waals surface area contributed by atoms with Gasteiger partial charge in [-0.05, 0) is 38.8 Å². The Balaban J connectivity index is 2.26. The van der Waals surface area contributed by atoms with Crippen LogP contribution in [-0.2, 0) is 4.74 Å². The Hall–Kier alpha value is -0.0800. The molecule has 0 aromatic carbocycles. The minimum absolute atomic E-state index is 0.534. The van der Waals surface area contributed by atoms with E-state index in [1.807, 2.05) is 14.2 Å². The number of ether oxygens (including phenoxy) is 1. The molecule has 1 aliphatic rings. The lowest BCUT2D eigenvalue weighted by Crippen LogP contribution is -2.29. The van der Waals surface area contributed by atoms with Crippen LogP contribution in [0, 0.1) is 5.92 Å². The highest BCUT2D eigenvalue weighted by Gasteiger charge is 2.23. The third-order valence-electron chi connectivity index (χ3n) is 2.91. The largest absolute Gasteiger partial charge is 0.381 e. The van der Waals surface area contributed by atoms with E-state index in [9.17, 15) is 0 Å². The summed E-state index contributed by atoms with van der Waals surface area (Å²) in [4.78, 5) is 0. The first-order valence-corrected chi connectivity index (χ1v) is 5.06. The molecule has 0 spiro atoms. The average molecular weight is 171 g/mol. The molecular formula is C10H21NO. The van der Waals surface area contributed by atoms with Crippen LogP contribution in [0.15, 0.2) is 0 Å². The van der Waals surface area contributed by atoms with Gasteiger partial charge >= 0.3 is 0 Å². The molecule has 72 valence electrons. The fourth-order valence-corrected chi connectivity index (χ4v) is 2.14. The van der Waals surface area contributed by atoms with Crippen LogP contribution >= 0.6 is 0 Å². The van der Waals surface area contributed by atoms with E-state index in [2.05, 4.69) is 5.32 Å². The zero-order valence-electron chi connectivity index (χ0n) is 8.31. The van der Waals surface area contributed by atoms with Crippen LogP contribution in [0.4, 0.5) is 0 Å². The molecule has 0 saturated heterocycles. The minimum atomic E-state index is 0.534. The molecular weight excluding hydrogens is 150 g/mol. The molecule has 12 heavy (non-hydrogen) atoms. The summed E-state index contributed by atoms with van der Waals surface area (Å²) in [7, 11) is 3.87. The van der Waals surface area contributed by atoms with Crippen molar-refractivity contribution in [2.75, 3.05) is 20.7 Å². The Morgan fingerprint density at radius 1 is 1.33 bits per heavy atom. The van der Waals surface area contributed by atoms with Crippen LogP contribution in [0.3, 0.4) is 0 Å². The van der Waals surface area contributed by atoms with Crippen LogP contribution in [0.1, 0.15) is 32.1 Å². The summed E-state index contributed by atoms with van der Waals surface area (Å²) >= 11 is 0. The third-order valence-corrected chi connectivity index (χ3v) is 2.91. The van der Waals surface area contributed by atoms with E-state index in [1.165, 1.54) is 32.1 Å². The van der Waals surface area contributed by atoms with Crippen molar-refractivity contribution in [1.29, 1.82) is 0 Å². The van der Waals surface area contributed by atoms with E-state index < -0.39 is 0 Å². The van der Waals surface area contributed by atoms with Crippen LogP contribution in [0.5, 0.6) is 0 Å². The molecule has 0 radical (unpaired) electrons. The maximum absolute atomic E-state index is 5.47. The maximum Gasteiger partial charge on any atom is 0.0600 e. The monoisotopic (exact) mass is 171 g/mol. The highest BCUT2D eigenvalue weighted by atomic mass is 16.5. The van der Waals surface area contributed by atoms with E-state index in [4.69, 9.17) is 4.74 Å². The second-order valence-electron chi connectivity index (χ2n) is 3.71. The van der Waals surface area contributed by atoms with Crippen LogP contribution in [0.2, 0.25) is 0 Å². The zero-order valence-corrected chi connectivity index (χ0v) is 8.31. The molecule has 1 N–H and O–H groups in total. The molecule has 2 unspecified atom stereocenters. The molecule has 1 rings (SSSR count). The molecule has 0 aromatic heterocycles. The lowest BCUT2D eigenvalue weighted by atomic mass is 9.84. The highest BCUT2D eigenvalue weighted by molar-refractivity contribution is 4.75. The quantitative estimate of drug-likeness (QED) is 0.696. The van der Waals surface area contributed by atoms with E-state index >= 15 is 0 Å². The smallest absolute Gasteiger partial charge is 0.0600 e. The van der Waals surface area contributed by atoms with Crippen molar-refractivity contribution < 1.29 is 4.74 Å². The highest BCUT2D eigenvalue weighted by Crippen LogP contribution is 2.28. The van der Waals surface area contributed by atoms with Crippen molar-refractivity contribution in [3.63, 3.8) is 0 Å². The van der Waals surface area contributed by atoms with Crippen molar-refractivity contribution in [3.05, 3.63) is 0 Å². The van der Waals surface area contributed by atoms with Crippen molar-refractivity contribution in [2.24, 2.45) is 5.92 Å². The first kappa shape index (κ1) is 10.0. The van der Waals surface area contributed by atoms with E-state index in [-0.39, 0.29) is 0 Å². The van der Waals surface area contributed by atoms with Crippen molar-refractivity contribution in [2.45, 2.75) is 38.2 Å². The minimum Gasteiger partial charge on any atom is -0.381 e. The molecule has 2 atom stereocenters. The molecule has 0 aromatic rings. The second kappa shape index (κ2) is 5.55. The molecule has 1 saturated carbocycles. The van der Waals surface area contributed by atoms with Gasteiger partial charge in [-0.15, -0.1) is 0 Å². The normalized spacial score (nSPS) is 30.5. The first-order chi connectivity index (χ1) is 5.88. The fourth-order valence-electron chi connectivity index (χ4n) is 2.14. The van der Waals surface area contributed by atoms with E-state index in [0.717, 1.165) is 12.5 Å². The Kier molecular flexibility index (Phi) is 4.62. The van der Waals surface area contributed by atoms with Crippen LogP contribution in [0.25, 0.3) is 0 Å². The van der Waals surface area contributed by atoms with Gasteiger partial charge in [-0.1, -0.05) is 12.8 Å². The topological polar surface area (TPSA) is 21.3 Å². The SMILES string of the molecule is CNCCC1CCCCC1OC. The third kappa shape index (κ3) is 2.76. The summed E-state index contributed by atoms with van der Waals surface area (Å²) in [6.45, 7) is 1.13. The summed E-state index contributed by atoms with van der Waals surface area (Å²) < 4.78 is 5.47. The molecule has 0 aliphatic heterocycles. The Morgan fingerprint density at radius 2 is 2.08 bits per heavy atom. The molecule has 0 heterocycles. The first-order valence-electron chi connectivity index (χ1n) is 5.06. The standard InChI is InChI=1S/C10H21NO/c1-11-8-7-9-5-3-4-6-10(9)12-2/h9-11H,3-8H2,1-2H3. The number of nitrogens with one attached hydrogen (secondary N) is 1. The van der Waals surface area contributed by atoms with Crippen molar-refractivity contribution in [3.8, 4) is 0 Å². The van der Waals surface area contributed by atoms with Gasteiger partial charge in [0.1, 0.15) is 0 Å². The molecule has 1 fully saturated rings. The number of hydrogen-bond acceptors (Lipinski definition) is 2. The molecule has 2 nitrogen and oxygen atoms in total. The fraction of sp³-hybridized carbons (Fsp3) is 1.00. The van der Waals surface area contributed by atoms with Gasteiger partial charge in [0.15, 0.2) is 0 Å². The molecule has 0 amide bonds. The summed E-state index contributed by atoms with van der Waals surface area (Å²) in [5.74, 6) is 0.802. The van der Waals surface area contributed by atoms with Gasteiger partial charge in [0, 0.05) is 7.11 Å². The van der Waals surface area contributed by atoms with Gasteiger partial charge in [-0.25, -0.2) is 0 Å². The van der Waals surface area contributed by atoms with Crippen LogP contribution in [-0.4, -0.2) is 26.8 Å². The predicted molar refractivity (Wildman–Crippen MR) is 51.3 cm³/mol. The Morgan fingerprint density at radius 3 is 2.75 bits per heavy atom. The maximum atomic E-state index is 5.47. The van der Waals surface area contributed by atoms with Crippen LogP contribution < -0.4 is 5.32 Å². The average Bonchev–Trinajstić information content (AvgIpc) is 2.15. The van der Waals surface area contributed by atoms with Gasteiger partial charge < -0.3 is 10.1 Å². The molecule has 1 aliphatic carbocycles. The lowest BCUT2D eigenvalue weighted by Gasteiger charge is -2.30. The number of hydrogen-bond donors (Lipinski definition) is 1. The lowest BCUT2D eigenvalue weighted by molar-refractivity contribution is 0.0207. The van der Waals surface area contributed by atoms with Crippen molar-refractivity contribution >= 4 is 0 Å². The molecule has 2 heteroatoms. The number of rotatable bonds is 4. The molecule has 0 bridgehead atoms. The van der Waals surface area contributed by atoms with Gasteiger partial charge in [0.05, 0.1) is 6.10 Å². The Labute approximate surface area is 75.7 Å². The van der Waals surface area contributed by atoms with Crippen molar-refractivity contribution in [1.82, 2.24) is 5.32 Å². The number of methoxy groups -OCH3 is 1. The van der Waals surface area contributed by atoms with Gasteiger partial charge in [-0.2, -0.15) is 0 Å². The summed E-state index contributed by atoms with van der Waals surface area (Å²) in [5, 5.41) is 3.20. The summed E-state index contributed by atoms with van der Waals surface area (Å²) in [5.41, 5.74) is 0. The predicted octanol–water partition coefficient (Wildman–Crippen LogP) is 1.80. The van der Waals surface area contributed by atoms with E-state index in [1.54, 1.807) is 0 Å². The van der Waals surface area contributed by atoms with E-state index in [0.29, 0.717) is 6.10 Å². The van der Waals surface area contributed by atoms with Gasteiger partial charge in [0.2, 0.25) is 0 Å².